The van der Waals surface area contributed by atoms with E-state index in [0.717, 1.165) is 28.7 Å². The van der Waals surface area contributed by atoms with Crippen LogP contribution >= 0.6 is 34.8 Å². The summed E-state index contributed by atoms with van der Waals surface area (Å²) in [6.07, 6.45) is 6.41. The monoisotopic (exact) mass is 557 g/mol. The molecule has 5 atom stereocenters. The molecule has 4 nitrogen and oxygen atoms in total. The minimum atomic E-state index is -0.141. The van der Waals surface area contributed by atoms with Crippen molar-refractivity contribution in [2.45, 2.75) is 52.9 Å². The second kappa shape index (κ2) is 11.0. The van der Waals surface area contributed by atoms with Crippen molar-refractivity contribution in [2.24, 2.45) is 29.6 Å². The molecule has 1 N–H and O–H groups in total. The number of nitrogens with one attached hydrogen (secondary N) is 1. The predicted molar refractivity (Wildman–Crippen MR) is 153 cm³/mol. The number of aromatic nitrogens is 2. The number of carbonyl (C=O) groups is 1. The van der Waals surface area contributed by atoms with E-state index in [1.54, 1.807) is 16.8 Å². The van der Waals surface area contributed by atoms with Gasteiger partial charge >= 0.3 is 0 Å². The van der Waals surface area contributed by atoms with Crippen molar-refractivity contribution < 1.29 is 4.79 Å². The molecule has 196 valence electrons. The Morgan fingerprint density at radius 1 is 1.03 bits per heavy atom. The van der Waals surface area contributed by atoms with Crippen molar-refractivity contribution in [2.75, 3.05) is 6.54 Å². The van der Waals surface area contributed by atoms with E-state index in [-0.39, 0.29) is 5.91 Å². The maximum atomic E-state index is 13.6. The zero-order valence-corrected chi connectivity index (χ0v) is 23.9. The van der Waals surface area contributed by atoms with Gasteiger partial charge in [-0.3, -0.25) is 4.79 Å². The molecule has 5 rings (SSSR count). The first-order valence-corrected chi connectivity index (χ1v) is 14.5. The Morgan fingerprint density at radius 3 is 2.46 bits per heavy atom. The van der Waals surface area contributed by atoms with Crippen LogP contribution in [0.25, 0.3) is 16.9 Å². The molecule has 5 unspecified atom stereocenters. The number of rotatable bonds is 6. The van der Waals surface area contributed by atoms with Gasteiger partial charge in [-0.2, -0.15) is 5.10 Å². The van der Waals surface area contributed by atoms with Crippen LogP contribution in [0.2, 0.25) is 15.1 Å². The summed E-state index contributed by atoms with van der Waals surface area (Å²) in [5.74, 6) is 3.39. The Kier molecular flexibility index (Phi) is 7.91. The number of fused-ring (bicyclic) bond motifs is 2. The first-order chi connectivity index (χ1) is 17.7. The summed E-state index contributed by atoms with van der Waals surface area (Å²) in [5.41, 5.74) is 3.58. The quantitative estimate of drug-likeness (QED) is 0.329. The van der Waals surface area contributed by atoms with Gasteiger partial charge in [-0.05, 0) is 92.5 Å². The average Bonchev–Trinajstić information content (AvgIpc) is 3.20. The molecule has 2 aliphatic carbocycles. The van der Waals surface area contributed by atoms with Crippen molar-refractivity contribution in [1.29, 1.82) is 0 Å². The summed E-state index contributed by atoms with van der Waals surface area (Å²) in [6, 6.07) is 12.8. The number of benzene rings is 2. The number of hydrogen-bond acceptors (Lipinski definition) is 2. The van der Waals surface area contributed by atoms with Crippen LogP contribution < -0.4 is 5.32 Å². The maximum Gasteiger partial charge on any atom is 0.272 e. The number of carbonyl (C=O) groups excluding carboxylic acids is 1. The lowest BCUT2D eigenvalue weighted by molar-refractivity contribution is 0.0366. The van der Waals surface area contributed by atoms with Crippen molar-refractivity contribution in [3.05, 3.63) is 68.8 Å². The molecule has 0 spiro atoms. The second-order valence-corrected chi connectivity index (χ2v) is 12.3. The van der Waals surface area contributed by atoms with Crippen molar-refractivity contribution in [3.8, 4) is 16.9 Å². The van der Waals surface area contributed by atoms with E-state index in [2.05, 4.69) is 19.2 Å². The smallest absolute Gasteiger partial charge is 0.272 e. The van der Waals surface area contributed by atoms with E-state index in [1.807, 2.05) is 37.3 Å². The summed E-state index contributed by atoms with van der Waals surface area (Å²) >= 11 is 18.9. The molecule has 2 fully saturated rings. The van der Waals surface area contributed by atoms with Gasteiger partial charge in [-0.1, -0.05) is 67.2 Å². The minimum Gasteiger partial charge on any atom is -0.350 e. The van der Waals surface area contributed by atoms with Gasteiger partial charge in [0.1, 0.15) is 0 Å². The summed E-state index contributed by atoms with van der Waals surface area (Å²) in [5, 5.41) is 9.72. The van der Waals surface area contributed by atoms with E-state index in [1.165, 1.54) is 32.1 Å². The summed E-state index contributed by atoms with van der Waals surface area (Å²) < 4.78 is 1.75. The zero-order valence-electron chi connectivity index (χ0n) is 21.6. The summed E-state index contributed by atoms with van der Waals surface area (Å²) in [6.45, 7) is 7.32. The Labute approximate surface area is 234 Å². The molecule has 2 bridgehead atoms. The predicted octanol–water partition coefficient (Wildman–Crippen LogP) is 8.64. The fraction of sp³-hybridized carbons (Fsp3) is 0.467. The van der Waals surface area contributed by atoms with Gasteiger partial charge in [0.15, 0.2) is 5.69 Å². The standard InChI is InChI=1S/C30H34Cl3N3O/c1-4-20-13-19-11-17(2)12-22(14-19)25(20)16-34-30(37)28-18(3)29(21-5-7-23(31)8-6-21)36(35-28)27-10-9-24(32)15-26(27)33/h5-10,15,17,19-20,22,25H,4,11-14,16H2,1-3H3,(H,34,37). The molecule has 7 heteroatoms. The van der Waals surface area contributed by atoms with Crippen LogP contribution in [0.4, 0.5) is 0 Å². The molecule has 2 saturated carbocycles. The summed E-state index contributed by atoms with van der Waals surface area (Å²) in [7, 11) is 0. The highest BCUT2D eigenvalue weighted by Crippen LogP contribution is 2.48. The van der Waals surface area contributed by atoms with Crippen LogP contribution in [0.15, 0.2) is 42.5 Å². The Balaban J connectivity index is 1.46. The first-order valence-electron chi connectivity index (χ1n) is 13.3. The van der Waals surface area contributed by atoms with Crippen LogP contribution in [0.1, 0.15) is 62.0 Å². The van der Waals surface area contributed by atoms with Crippen LogP contribution in [0.3, 0.4) is 0 Å². The number of amides is 1. The number of halogens is 3. The number of nitrogens with zero attached hydrogens (tertiary/aromatic N) is 2. The highest BCUT2D eigenvalue weighted by Gasteiger charge is 2.41. The van der Waals surface area contributed by atoms with Gasteiger partial charge in [-0.25, -0.2) is 4.68 Å². The minimum absolute atomic E-state index is 0.141. The van der Waals surface area contributed by atoms with Gasteiger partial charge in [0, 0.05) is 27.7 Å². The molecule has 1 aromatic heterocycles. The molecule has 1 heterocycles. The van der Waals surface area contributed by atoms with Crippen molar-refractivity contribution in [3.63, 3.8) is 0 Å². The van der Waals surface area contributed by atoms with Crippen LogP contribution in [-0.2, 0) is 0 Å². The normalized spacial score (nSPS) is 25.2. The zero-order chi connectivity index (χ0) is 26.3. The van der Waals surface area contributed by atoms with Crippen LogP contribution in [-0.4, -0.2) is 22.2 Å². The SMILES string of the molecule is CCC1CC2CC(C)CC(C2)C1CNC(=O)c1nn(-c2ccc(Cl)cc2Cl)c(-c2ccc(Cl)cc2)c1C. The highest BCUT2D eigenvalue weighted by molar-refractivity contribution is 6.35. The van der Waals surface area contributed by atoms with Crippen molar-refractivity contribution >= 4 is 40.7 Å². The number of hydrogen-bond donors (Lipinski definition) is 1. The third kappa shape index (κ3) is 5.44. The molecule has 0 radical (unpaired) electrons. The van der Waals surface area contributed by atoms with Gasteiger partial charge < -0.3 is 5.32 Å². The van der Waals surface area contributed by atoms with E-state index in [0.29, 0.717) is 50.7 Å². The Morgan fingerprint density at radius 2 is 1.76 bits per heavy atom. The fourth-order valence-corrected chi connectivity index (χ4v) is 7.53. The van der Waals surface area contributed by atoms with Crippen LogP contribution in [0.5, 0.6) is 0 Å². The molecule has 3 aromatic rings. The molecule has 1 amide bonds. The molecule has 2 aliphatic rings. The van der Waals surface area contributed by atoms with E-state index in [9.17, 15) is 4.79 Å². The molecule has 37 heavy (non-hydrogen) atoms. The third-order valence-corrected chi connectivity index (χ3v) is 9.33. The second-order valence-electron chi connectivity index (χ2n) is 11.1. The molecular weight excluding hydrogens is 525 g/mol. The van der Waals surface area contributed by atoms with E-state index >= 15 is 0 Å². The highest BCUT2D eigenvalue weighted by atomic mass is 35.5. The Hall–Kier alpha value is -2.01. The topological polar surface area (TPSA) is 46.9 Å². The third-order valence-electron chi connectivity index (χ3n) is 8.54. The first kappa shape index (κ1) is 26.6. The molecule has 0 aliphatic heterocycles. The Bertz CT molecular complexity index is 1280. The molecule has 2 aromatic carbocycles. The lowest BCUT2D eigenvalue weighted by Crippen LogP contribution is -2.43. The average molecular weight is 559 g/mol. The fourth-order valence-electron chi connectivity index (χ4n) is 6.92. The largest absolute Gasteiger partial charge is 0.350 e. The lowest BCUT2D eigenvalue weighted by Gasteiger charge is -2.47. The van der Waals surface area contributed by atoms with Gasteiger partial charge in [0.05, 0.1) is 16.4 Å². The van der Waals surface area contributed by atoms with E-state index in [4.69, 9.17) is 39.9 Å². The lowest BCUT2D eigenvalue weighted by atomic mass is 9.59. The van der Waals surface area contributed by atoms with Gasteiger partial charge in [0.2, 0.25) is 0 Å². The van der Waals surface area contributed by atoms with Crippen molar-refractivity contribution in [1.82, 2.24) is 15.1 Å². The van der Waals surface area contributed by atoms with Gasteiger partial charge in [-0.15, -0.1) is 0 Å². The maximum absolute atomic E-state index is 13.6. The summed E-state index contributed by atoms with van der Waals surface area (Å²) in [4.78, 5) is 13.6. The molecular formula is C30H34Cl3N3O. The van der Waals surface area contributed by atoms with Gasteiger partial charge in [0.25, 0.3) is 5.91 Å². The van der Waals surface area contributed by atoms with E-state index < -0.39 is 0 Å². The van der Waals surface area contributed by atoms with Crippen LogP contribution in [0, 0.1) is 36.5 Å². The molecule has 0 saturated heterocycles.